The standard InChI is InChI=1S/C12H23N3O5.C8H16O.C2H6/c1-14-9(5-6-10(16)17)11(18)15-7-3-2-4-8(13)12(19)20;1-7(2)5-8(3,4)6-9;1-2/h8-9,14H,2-7,13H2,1H3,(H,15,18)(H,16,17)(H,19,20);6-7H,5H2,1-4H3;1-2H3. The van der Waals surface area contributed by atoms with E-state index in [4.69, 9.17) is 15.9 Å². The molecule has 0 bridgehead atoms. The highest BCUT2D eigenvalue weighted by Crippen LogP contribution is 2.21. The largest absolute Gasteiger partial charge is 0.481 e. The Balaban J connectivity index is -0.000000595. The summed E-state index contributed by atoms with van der Waals surface area (Å²) in [5.74, 6) is -1.61. The lowest BCUT2D eigenvalue weighted by Gasteiger charge is -2.18. The quantitative estimate of drug-likeness (QED) is 0.200. The van der Waals surface area contributed by atoms with Gasteiger partial charge in [0.05, 0.1) is 6.04 Å². The molecular weight excluding hydrogens is 402 g/mol. The zero-order chi connectivity index (χ0) is 25.0. The van der Waals surface area contributed by atoms with E-state index in [9.17, 15) is 19.2 Å². The zero-order valence-corrected chi connectivity index (χ0v) is 20.4. The van der Waals surface area contributed by atoms with Gasteiger partial charge in [0, 0.05) is 18.4 Å². The van der Waals surface area contributed by atoms with Gasteiger partial charge in [-0.15, -0.1) is 0 Å². The average Bonchev–Trinajstić information content (AvgIpc) is 2.68. The minimum atomic E-state index is -1.03. The van der Waals surface area contributed by atoms with E-state index in [1.807, 2.05) is 27.7 Å². The van der Waals surface area contributed by atoms with E-state index >= 15 is 0 Å². The van der Waals surface area contributed by atoms with Crippen LogP contribution in [0.1, 0.15) is 80.1 Å². The summed E-state index contributed by atoms with van der Waals surface area (Å²) in [6.07, 6.45) is 3.76. The first kappa shape index (κ1) is 33.6. The minimum Gasteiger partial charge on any atom is -0.481 e. The monoisotopic (exact) mass is 447 g/mol. The van der Waals surface area contributed by atoms with Gasteiger partial charge in [0.1, 0.15) is 12.3 Å². The highest BCUT2D eigenvalue weighted by molar-refractivity contribution is 5.82. The van der Waals surface area contributed by atoms with Crippen molar-refractivity contribution in [2.75, 3.05) is 13.6 Å². The van der Waals surface area contributed by atoms with E-state index in [2.05, 4.69) is 24.5 Å². The molecule has 0 fully saturated rings. The van der Waals surface area contributed by atoms with Gasteiger partial charge in [0.15, 0.2) is 0 Å². The molecule has 0 radical (unpaired) electrons. The number of rotatable bonds is 14. The number of nitrogens with two attached hydrogens (primary N) is 1. The number of amides is 1. The Bertz CT molecular complexity index is 509. The van der Waals surface area contributed by atoms with Crippen LogP contribution in [0.5, 0.6) is 0 Å². The van der Waals surface area contributed by atoms with Crippen LogP contribution in [0, 0.1) is 11.3 Å². The van der Waals surface area contributed by atoms with Gasteiger partial charge in [-0.1, -0.05) is 41.5 Å². The van der Waals surface area contributed by atoms with Crippen molar-refractivity contribution in [1.29, 1.82) is 0 Å². The average molecular weight is 448 g/mol. The minimum absolute atomic E-state index is 0.0770. The van der Waals surface area contributed by atoms with E-state index in [1.54, 1.807) is 7.05 Å². The number of nitrogens with one attached hydrogen (secondary N) is 2. The molecule has 0 aliphatic heterocycles. The summed E-state index contributed by atoms with van der Waals surface area (Å²) in [5.41, 5.74) is 5.23. The lowest BCUT2D eigenvalue weighted by molar-refractivity contribution is -0.139. The summed E-state index contributed by atoms with van der Waals surface area (Å²) < 4.78 is 0. The fourth-order valence-corrected chi connectivity index (χ4v) is 2.72. The molecule has 0 aliphatic rings. The molecule has 0 aromatic heterocycles. The van der Waals surface area contributed by atoms with E-state index in [0.717, 1.165) is 12.7 Å². The van der Waals surface area contributed by atoms with Crippen LogP contribution in [0.4, 0.5) is 0 Å². The number of carboxylic acid groups (broad SMARTS) is 2. The maximum absolute atomic E-state index is 11.7. The maximum Gasteiger partial charge on any atom is 0.320 e. The Morgan fingerprint density at radius 2 is 1.61 bits per heavy atom. The van der Waals surface area contributed by atoms with Gasteiger partial charge in [-0.3, -0.25) is 14.4 Å². The second-order valence-electron chi connectivity index (χ2n) is 8.21. The van der Waals surface area contributed by atoms with Gasteiger partial charge in [0.2, 0.25) is 5.91 Å². The molecular formula is C22H45N3O6. The summed E-state index contributed by atoms with van der Waals surface area (Å²) in [5, 5.41) is 22.6. The first-order valence-corrected chi connectivity index (χ1v) is 11.0. The van der Waals surface area contributed by atoms with E-state index < -0.39 is 24.0 Å². The summed E-state index contributed by atoms with van der Waals surface area (Å²) >= 11 is 0. The van der Waals surface area contributed by atoms with Crippen LogP contribution in [0.25, 0.3) is 0 Å². The van der Waals surface area contributed by atoms with Crippen LogP contribution in [0.2, 0.25) is 0 Å². The summed E-state index contributed by atoms with van der Waals surface area (Å²) in [4.78, 5) is 43.0. The number of carbonyl (C=O) groups excluding carboxylic acids is 2. The van der Waals surface area contributed by atoms with Crippen LogP contribution < -0.4 is 16.4 Å². The molecule has 0 aromatic rings. The molecule has 184 valence electrons. The Hall–Kier alpha value is -2.00. The van der Waals surface area contributed by atoms with Crippen molar-refractivity contribution in [3.63, 3.8) is 0 Å². The topological polar surface area (TPSA) is 159 Å². The number of carbonyl (C=O) groups is 4. The number of aldehydes is 1. The number of unbranched alkanes of at least 4 members (excludes halogenated alkanes) is 1. The fraction of sp³-hybridized carbons (Fsp3) is 0.818. The first-order chi connectivity index (χ1) is 14.4. The smallest absolute Gasteiger partial charge is 0.320 e. The van der Waals surface area contributed by atoms with Crippen LogP contribution in [0.15, 0.2) is 0 Å². The lowest BCUT2D eigenvalue weighted by atomic mass is 9.86. The second-order valence-corrected chi connectivity index (χ2v) is 8.21. The highest BCUT2D eigenvalue weighted by Gasteiger charge is 2.18. The van der Waals surface area contributed by atoms with Gasteiger partial charge in [0.25, 0.3) is 0 Å². The molecule has 0 aliphatic carbocycles. The molecule has 0 saturated heterocycles. The van der Waals surface area contributed by atoms with Crippen molar-refractivity contribution in [3.8, 4) is 0 Å². The second kappa shape index (κ2) is 19.9. The predicted octanol–water partition coefficient (Wildman–Crippen LogP) is 2.42. The molecule has 2 unspecified atom stereocenters. The summed E-state index contributed by atoms with van der Waals surface area (Å²) in [6.45, 7) is 12.6. The third-order valence-electron chi connectivity index (χ3n) is 4.12. The molecule has 6 N–H and O–H groups in total. The van der Waals surface area contributed by atoms with E-state index in [1.165, 1.54) is 0 Å². The SMILES string of the molecule is CC.CC(C)CC(C)(C)C=O.CNC(CCC(=O)O)C(=O)NCCCCC(N)C(=O)O. The third kappa shape index (κ3) is 22.5. The number of carboxylic acids is 2. The molecule has 0 heterocycles. The Kier molecular flexibility index (Phi) is 21.6. The molecule has 0 rings (SSSR count). The molecule has 1 amide bonds. The van der Waals surface area contributed by atoms with Crippen molar-refractivity contribution in [2.24, 2.45) is 17.1 Å². The van der Waals surface area contributed by atoms with Crippen molar-refractivity contribution < 1.29 is 29.4 Å². The molecule has 0 aromatic carbocycles. The molecule has 9 nitrogen and oxygen atoms in total. The Morgan fingerprint density at radius 3 is 1.97 bits per heavy atom. The molecule has 2 atom stereocenters. The third-order valence-corrected chi connectivity index (χ3v) is 4.12. The molecule has 0 saturated carbocycles. The normalized spacial score (nSPS) is 12.4. The summed E-state index contributed by atoms with van der Waals surface area (Å²) in [7, 11) is 1.60. The van der Waals surface area contributed by atoms with Crippen molar-refractivity contribution in [3.05, 3.63) is 0 Å². The molecule has 0 spiro atoms. The van der Waals surface area contributed by atoms with Crippen molar-refractivity contribution >= 4 is 24.1 Å². The maximum atomic E-state index is 11.7. The first-order valence-electron chi connectivity index (χ1n) is 11.0. The van der Waals surface area contributed by atoms with E-state index in [-0.39, 0.29) is 24.2 Å². The number of aliphatic carboxylic acids is 2. The van der Waals surface area contributed by atoms with Crippen LogP contribution >= 0.6 is 0 Å². The summed E-state index contributed by atoms with van der Waals surface area (Å²) in [6, 6.07) is -1.40. The Labute approximate surface area is 187 Å². The fourth-order valence-electron chi connectivity index (χ4n) is 2.72. The van der Waals surface area contributed by atoms with Gasteiger partial charge in [-0.25, -0.2) is 0 Å². The number of likely N-dealkylation sites (N-methyl/N-ethyl adjacent to an activating group) is 1. The van der Waals surface area contributed by atoms with E-state index in [0.29, 0.717) is 31.7 Å². The van der Waals surface area contributed by atoms with Crippen LogP contribution in [-0.4, -0.2) is 60.0 Å². The van der Waals surface area contributed by atoms with Crippen molar-refractivity contribution in [1.82, 2.24) is 10.6 Å². The van der Waals surface area contributed by atoms with Gasteiger partial charge in [-0.2, -0.15) is 0 Å². The molecule has 31 heavy (non-hydrogen) atoms. The lowest BCUT2D eigenvalue weighted by Crippen LogP contribution is -2.43. The number of hydrogen-bond donors (Lipinski definition) is 5. The van der Waals surface area contributed by atoms with Gasteiger partial charge < -0.3 is 31.4 Å². The van der Waals surface area contributed by atoms with Crippen LogP contribution in [-0.2, 0) is 19.2 Å². The predicted molar refractivity (Wildman–Crippen MR) is 123 cm³/mol. The number of hydrogen-bond acceptors (Lipinski definition) is 6. The Morgan fingerprint density at radius 1 is 1.06 bits per heavy atom. The van der Waals surface area contributed by atoms with Crippen molar-refractivity contribution in [2.45, 2.75) is 92.2 Å². The zero-order valence-electron chi connectivity index (χ0n) is 20.4. The van der Waals surface area contributed by atoms with Crippen LogP contribution in [0.3, 0.4) is 0 Å². The molecule has 9 heteroatoms. The highest BCUT2D eigenvalue weighted by atomic mass is 16.4. The van der Waals surface area contributed by atoms with Gasteiger partial charge in [-0.05, 0) is 45.1 Å². The van der Waals surface area contributed by atoms with Gasteiger partial charge >= 0.3 is 11.9 Å².